The van der Waals surface area contributed by atoms with Gasteiger partial charge in [0.15, 0.2) is 0 Å². The van der Waals surface area contributed by atoms with Gasteiger partial charge < -0.3 is 10.4 Å². The highest BCUT2D eigenvalue weighted by molar-refractivity contribution is 6.27. The van der Waals surface area contributed by atoms with Crippen LogP contribution in [0.4, 0.5) is 5.69 Å². The van der Waals surface area contributed by atoms with Crippen molar-refractivity contribution in [2.24, 2.45) is 0 Å². The normalized spacial score (nSPS) is 18.4. The van der Waals surface area contributed by atoms with Crippen molar-refractivity contribution < 1.29 is 24.3 Å². The molecule has 0 aromatic heterocycles. The van der Waals surface area contributed by atoms with Crippen LogP contribution in [0, 0.1) is 0 Å². The molecule has 8 heteroatoms. The molecule has 2 aliphatic heterocycles. The van der Waals surface area contributed by atoms with Gasteiger partial charge in [-0.3, -0.25) is 29.4 Å². The van der Waals surface area contributed by atoms with Crippen LogP contribution in [0.15, 0.2) is 30.3 Å². The number of imide groups is 1. The van der Waals surface area contributed by atoms with Crippen molar-refractivity contribution in [2.75, 3.05) is 18.0 Å². The van der Waals surface area contributed by atoms with Crippen molar-refractivity contribution in [3.05, 3.63) is 41.5 Å². The molecule has 0 bridgehead atoms. The standard InChI is InChI=1S/C21H21N3O5/c25-17-9-8-16(20(28)23-17)24-15-7-6-12(3-2-10-22-11-18(26)27)13-4-1-5-14(19(13)15)21(24)29/h1,4-7,16,22H,2-3,8-11H2,(H,26,27)(H,23,25,28). The molecule has 2 aromatic carbocycles. The molecule has 1 fully saturated rings. The lowest BCUT2D eigenvalue weighted by Gasteiger charge is -2.30. The maximum Gasteiger partial charge on any atom is 0.317 e. The van der Waals surface area contributed by atoms with E-state index < -0.39 is 17.9 Å². The topological polar surface area (TPSA) is 116 Å². The summed E-state index contributed by atoms with van der Waals surface area (Å²) >= 11 is 0. The number of carbonyl (C=O) groups is 4. The summed E-state index contributed by atoms with van der Waals surface area (Å²) in [4.78, 5) is 49.0. The molecular weight excluding hydrogens is 374 g/mol. The average molecular weight is 395 g/mol. The Bertz CT molecular complexity index is 1030. The Morgan fingerprint density at radius 2 is 2.03 bits per heavy atom. The predicted octanol–water partition coefficient (Wildman–Crippen LogP) is 1.21. The second-order valence-electron chi connectivity index (χ2n) is 7.29. The van der Waals surface area contributed by atoms with Crippen molar-refractivity contribution in [3.63, 3.8) is 0 Å². The number of piperidine rings is 1. The van der Waals surface area contributed by atoms with Crippen molar-refractivity contribution in [1.29, 1.82) is 0 Å². The van der Waals surface area contributed by atoms with Gasteiger partial charge in [0.2, 0.25) is 11.8 Å². The molecule has 0 spiro atoms. The van der Waals surface area contributed by atoms with Crippen LogP contribution in [-0.4, -0.2) is 47.9 Å². The lowest BCUT2D eigenvalue weighted by atomic mass is 9.97. The Kier molecular flexibility index (Phi) is 5.02. The molecule has 0 saturated carbocycles. The molecule has 29 heavy (non-hydrogen) atoms. The first-order valence-electron chi connectivity index (χ1n) is 9.61. The van der Waals surface area contributed by atoms with Gasteiger partial charge in [-0.2, -0.15) is 0 Å². The van der Waals surface area contributed by atoms with Crippen LogP contribution in [0.2, 0.25) is 0 Å². The van der Waals surface area contributed by atoms with E-state index in [1.54, 1.807) is 6.07 Å². The Labute approximate surface area is 166 Å². The predicted molar refractivity (Wildman–Crippen MR) is 106 cm³/mol. The smallest absolute Gasteiger partial charge is 0.317 e. The molecule has 0 radical (unpaired) electrons. The monoisotopic (exact) mass is 395 g/mol. The number of carbonyl (C=O) groups excluding carboxylic acids is 3. The highest BCUT2D eigenvalue weighted by atomic mass is 16.4. The van der Waals surface area contributed by atoms with Gasteiger partial charge in [-0.1, -0.05) is 18.2 Å². The third-order valence-corrected chi connectivity index (χ3v) is 5.42. The van der Waals surface area contributed by atoms with E-state index in [0.717, 1.165) is 29.2 Å². The minimum atomic E-state index is -0.887. The van der Waals surface area contributed by atoms with E-state index in [1.165, 1.54) is 4.90 Å². The summed E-state index contributed by atoms with van der Waals surface area (Å²) in [7, 11) is 0. The van der Waals surface area contributed by atoms with E-state index >= 15 is 0 Å². The van der Waals surface area contributed by atoms with E-state index in [0.29, 0.717) is 24.2 Å². The first-order chi connectivity index (χ1) is 14.0. The zero-order chi connectivity index (χ0) is 20.5. The van der Waals surface area contributed by atoms with Crippen LogP contribution in [0.25, 0.3) is 10.8 Å². The fourth-order valence-electron chi connectivity index (χ4n) is 4.12. The lowest BCUT2D eigenvalue weighted by Crippen LogP contribution is -2.53. The van der Waals surface area contributed by atoms with Crippen LogP contribution in [0.5, 0.6) is 0 Å². The number of anilines is 1. The lowest BCUT2D eigenvalue weighted by molar-refractivity contribution is -0.136. The van der Waals surface area contributed by atoms with Gasteiger partial charge in [0, 0.05) is 17.4 Å². The largest absolute Gasteiger partial charge is 0.480 e. The number of hydrogen-bond acceptors (Lipinski definition) is 5. The van der Waals surface area contributed by atoms with Crippen LogP contribution < -0.4 is 15.5 Å². The molecule has 1 unspecified atom stereocenters. The zero-order valence-corrected chi connectivity index (χ0v) is 15.7. The van der Waals surface area contributed by atoms with Gasteiger partial charge in [-0.15, -0.1) is 0 Å². The van der Waals surface area contributed by atoms with Gasteiger partial charge in [0.25, 0.3) is 5.91 Å². The minimum absolute atomic E-state index is 0.0702. The number of hydrogen-bond donors (Lipinski definition) is 3. The maximum absolute atomic E-state index is 13.1. The summed E-state index contributed by atoms with van der Waals surface area (Å²) in [6, 6.07) is 8.68. The van der Waals surface area contributed by atoms with Gasteiger partial charge in [0.1, 0.15) is 6.04 Å². The second kappa shape index (κ2) is 7.63. The van der Waals surface area contributed by atoms with E-state index in [2.05, 4.69) is 10.6 Å². The number of nitrogens with zero attached hydrogens (tertiary/aromatic N) is 1. The number of benzene rings is 2. The molecular formula is C21H21N3O5. The highest BCUT2D eigenvalue weighted by Gasteiger charge is 2.40. The molecule has 1 saturated heterocycles. The fraction of sp³-hybridized carbons (Fsp3) is 0.333. The highest BCUT2D eigenvalue weighted by Crippen LogP contribution is 2.41. The molecule has 3 amide bonds. The number of rotatable bonds is 7. The number of carboxylic acid groups (broad SMARTS) is 1. The summed E-state index contributed by atoms with van der Waals surface area (Å²) in [5.74, 6) is -1.86. The maximum atomic E-state index is 13.1. The van der Waals surface area contributed by atoms with E-state index in [4.69, 9.17) is 5.11 Å². The summed E-state index contributed by atoms with van der Waals surface area (Å²) in [6.07, 6.45) is 2.01. The summed E-state index contributed by atoms with van der Waals surface area (Å²) < 4.78 is 0. The van der Waals surface area contributed by atoms with Gasteiger partial charge in [-0.25, -0.2) is 0 Å². The quantitative estimate of drug-likeness (QED) is 0.479. The van der Waals surface area contributed by atoms with Crippen LogP contribution >= 0.6 is 0 Å². The number of aryl methyl sites for hydroxylation is 1. The van der Waals surface area contributed by atoms with Crippen molar-refractivity contribution in [3.8, 4) is 0 Å². The summed E-state index contributed by atoms with van der Waals surface area (Å²) in [6.45, 7) is 0.510. The number of nitrogens with one attached hydrogen (secondary N) is 2. The van der Waals surface area contributed by atoms with Gasteiger partial charge in [-0.05, 0) is 48.9 Å². The number of aliphatic carboxylic acids is 1. The first-order valence-corrected chi connectivity index (χ1v) is 9.61. The SMILES string of the molecule is O=C(O)CNCCCc1ccc2c3c(cccc13)C(=O)N2C1CCC(=O)NC1=O. The third kappa shape index (κ3) is 3.47. The minimum Gasteiger partial charge on any atom is -0.480 e. The zero-order valence-electron chi connectivity index (χ0n) is 15.7. The van der Waals surface area contributed by atoms with Crippen molar-refractivity contribution >= 4 is 40.2 Å². The number of amides is 3. The molecule has 3 N–H and O–H groups in total. The Balaban J connectivity index is 1.61. The Morgan fingerprint density at radius 3 is 2.79 bits per heavy atom. The molecule has 2 aliphatic rings. The fourth-order valence-corrected chi connectivity index (χ4v) is 4.12. The van der Waals surface area contributed by atoms with E-state index in [1.807, 2.05) is 24.3 Å². The van der Waals surface area contributed by atoms with Crippen LogP contribution in [0.3, 0.4) is 0 Å². The molecule has 0 aliphatic carbocycles. The Hall–Kier alpha value is -3.26. The van der Waals surface area contributed by atoms with Gasteiger partial charge in [0.05, 0.1) is 12.2 Å². The second-order valence-corrected chi connectivity index (χ2v) is 7.29. The first kappa shape index (κ1) is 19.1. The Morgan fingerprint density at radius 1 is 1.21 bits per heavy atom. The van der Waals surface area contributed by atoms with Crippen LogP contribution in [0.1, 0.15) is 35.2 Å². The third-order valence-electron chi connectivity index (χ3n) is 5.42. The van der Waals surface area contributed by atoms with Gasteiger partial charge >= 0.3 is 5.97 Å². The molecule has 1 atom stereocenters. The molecule has 2 heterocycles. The van der Waals surface area contributed by atoms with E-state index in [9.17, 15) is 19.2 Å². The molecule has 2 aromatic rings. The van der Waals surface area contributed by atoms with E-state index in [-0.39, 0.29) is 24.8 Å². The molecule has 150 valence electrons. The van der Waals surface area contributed by atoms with Crippen molar-refractivity contribution in [2.45, 2.75) is 31.7 Å². The van der Waals surface area contributed by atoms with Crippen LogP contribution in [-0.2, 0) is 20.8 Å². The average Bonchev–Trinajstić information content (AvgIpc) is 2.97. The summed E-state index contributed by atoms with van der Waals surface area (Å²) in [5, 5.41) is 15.7. The number of carboxylic acids is 1. The molecule has 8 nitrogen and oxygen atoms in total. The van der Waals surface area contributed by atoms with Crippen molar-refractivity contribution in [1.82, 2.24) is 10.6 Å². The molecule has 4 rings (SSSR count). The summed E-state index contributed by atoms with van der Waals surface area (Å²) in [5.41, 5.74) is 2.33.